The molecule has 1 heterocycles. The highest BCUT2D eigenvalue weighted by Crippen LogP contribution is 2.27. The molecule has 0 aliphatic carbocycles. The fourth-order valence-corrected chi connectivity index (χ4v) is 3.84. The Balaban J connectivity index is 0.000000166. The molecule has 4 aromatic carbocycles. The lowest BCUT2D eigenvalue weighted by molar-refractivity contribution is 0.627. The van der Waals surface area contributed by atoms with E-state index in [1.54, 1.807) is 24.6 Å². The van der Waals surface area contributed by atoms with Gasteiger partial charge in [0.15, 0.2) is 0 Å². The van der Waals surface area contributed by atoms with Crippen molar-refractivity contribution in [3.8, 4) is 16.9 Å². The zero-order chi connectivity index (χ0) is 23.8. The lowest BCUT2D eigenvalue weighted by atomic mass is 9.92. The third-order valence-corrected chi connectivity index (χ3v) is 5.52. The summed E-state index contributed by atoms with van der Waals surface area (Å²) in [6.45, 7) is 0. The molecule has 5 aromatic rings. The Morgan fingerprint density at radius 2 is 1.35 bits per heavy atom. The molecule has 0 bridgehead atoms. The van der Waals surface area contributed by atoms with Gasteiger partial charge in [0.1, 0.15) is 13.7 Å². The molecule has 2 radical (unpaired) electrons. The van der Waals surface area contributed by atoms with E-state index in [1.807, 2.05) is 71.3 Å². The van der Waals surface area contributed by atoms with E-state index in [-0.39, 0.29) is 5.82 Å². The van der Waals surface area contributed by atoms with Crippen molar-refractivity contribution in [1.82, 2.24) is 9.55 Å². The van der Waals surface area contributed by atoms with Crippen LogP contribution in [0.15, 0.2) is 128 Å². The molecule has 0 atom stereocenters. The summed E-state index contributed by atoms with van der Waals surface area (Å²) in [5.41, 5.74) is 6.00. The van der Waals surface area contributed by atoms with Crippen molar-refractivity contribution >= 4 is 25.0 Å². The topological polar surface area (TPSA) is 17.8 Å². The van der Waals surface area contributed by atoms with Crippen LogP contribution < -0.4 is 0 Å². The summed E-state index contributed by atoms with van der Waals surface area (Å²) >= 11 is 6.09. The number of nitrogens with zero attached hydrogens (tertiary/aromatic N) is 2. The van der Waals surface area contributed by atoms with Gasteiger partial charge in [0.05, 0.1) is 28.9 Å². The second-order valence-corrected chi connectivity index (χ2v) is 7.83. The summed E-state index contributed by atoms with van der Waals surface area (Å²) in [5.74, 6) is 1.31. The second-order valence-electron chi connectivity index (χ2n) is 7.42. The molecule has 34 heavy (non-hydrogen) atoms. The van der Waals surface area contributed by atoms with Crippen molar-refractivity contribution < 1.29 is 4.39 Å². The summed E-state index contributed by atoms with van der Waals surface area (Å²) in [5, 5.41) is 0.357. The Hall–Kier alpha value is -3.89. The predicted molar refractivity (Wildman–Crippen MR) is 140 cm³/mol. The average molecular weight is 463 g/mol. The zero-order valence-electron chi connectivity index (χ0n) is 18.4. The van der Waals surface area contributed by atoms with Gasteiger partial charge in [-0.15, -0.1) is 5.98 Å². The van der Waals surface area contributed by atoms with E-state index in [1.165, 1.54) is 12.1 Å². The van der Waals surface area contributed by atoms with E-state index in [2.05, 4.69) is 29.2 Å². The molecule has 0 amide bonds. The lowest BCUT2D eigenvalue weighted by Gasteiger charge is -2.10. The van der Waals surface area contributed by atoms with Crippen LogP contribution in [-0.4, -0.2) is 17.4 Å². The number of hydrogen-bond donors (Lipinski definition) is 0. The molecule has 1 aromatic heterocycles. The minimum atomic E-state index is -0.352. The van der Waals surface area contributed by atoms with Crippen LogP contribution in [0.5, 0.6) is 0 Å². The van der Waals surface area contributed by atoms with Crippen LogP contribution in [0.3, 0.4) is 0 Å². The highest BCUT2D eigenvalue weighted by molar-refractivity contribution is 6.32. The third-order valence-electron chi connectivity index (χ3n) is 5.21. The van der Waals surface area contributed by atoms with E-state index in [9.17, 15) is 4.39 Å². The first-order valence-corrected chi connectivity index (χ1v) is 11.1. The molecule has 0 N–H and O–H groups in total. The van der Waals surface area contributed by atoms with Crippen LogP contribution in [0.2, 0.25) is 5.02 Å². The normalized spacial score (nSPS) is 10.2. The molecule has 2 nitrogen and oxygen atoms in total. The van der Waals surface area contributed by atoms with Crippen molar-refractivity contribution in [3.05, 3.63) is 150 Å². The van der Waals surface area contributed by atoms with Crippen molar-refractivity contribution in [2.45, 2.75) is 0 Å². The van der Waals surface area contributed by atoms with Crippen molar-refractivity contribution in [2.24, 2.45) is 0 Å². The summed E-state index contributed by atoms with van der Waals surface area (Å²) in [6.07, 6.45) is 3.43. The van der Waals surface area contributed by atoms with Gasteiger partial charge in [-0.1, -0.05) is 103 Å². The smallest absolute Gasteiger partial charge is 0.124 e. The fourth-order valence-electron chi connectivity index (χ4n) is 3.58. The van der Waals surface area contributed by atoms with Crippen LogP contribution in [-0.2, 0) is 0 Å². The Morgan fingerprint density at radius 3 is 1.88 bits per heavy atom. The SMILES string of the molecule is Fc1ccc(-n2cncc2-c2ccccc2)c(Cl)c1.[B]C=C(c1ccccc1)c1ccccc1. The zero-order valence-corrected chi connectivity index (χ0v) is 19.1. The fraction of sp³-hybridized carbons (Fsp3) is 0. The maximum atomic E-state index is 13.1. The molecule has 0 saturated heterocycles. The minimum absolute atomic E-state index is 0.352. The standard InChI is InChI=1S/C15H10ClFN2.C14H11B/c16-13-8-12(17)6-7-14(13)19-10-18-9-15(19)11-4-2-1-3-5-11;15-11-14(12-7-3-1-4-8-12)13-9-5-2-6-10-13/h1-10H;1-11H. The Morgan fingerprint density at radius 1 is 0.794 bits per heavy atom. The second kappa shape index (κ2) is 11.3. The molecular formula is C29H21BClFN2. The molecule has 0 unspecified atom stereocenters. The highest BCUT2D eigenvalue weighted by atomic mass is 35.5. The number of halogens is 2. The van der Waals surface area contributed by atoms with Gasteiger partial charge in [0.2, 0.25) is 0 Å². The summed E-state index contributed by atoms with van der Waals surface area (Å²) in [6, 6.07) is 34.5. The van der Waals surface area contributed by atoms with E-state index in [4.69, 9.17) is 19.4 Å². The molecule has 0 aliphatic heterocycles. The predicted octanol–water partition coefficient (Wildman–Crippen LogP) is 7.58. The number of hydrogen-bond acceptors (Lipinski definition) is 1. The van der Waals surface area contributed by atoms with Gasteiger partial charge in [-0.3, -0.25) is 4.57 Å². The summed E-state index contributed by atoms with van der Waals surface area (Å²) in [7, 11) is 5.67. The average Bonchev–Trinajstić information content (AvgIpc) is 3.36. The summed E-state index contributed by atoms with van der Waals surface area (Å²) < 4.78 is 14.9. The number of aromatic nitrogens is 2. The molecule has 0 spiro atoms. The minimum Gasteiger partial charge on any atom is -0.297 e. The van der Waals surface area contributed by atoms with Gasteiger partial charge in [0.25, 0.3) is 0 Å². The molecule has 5 heteroatoms. The van der Waals surface area contributed by atoms with Crippen molar-refractivity contribution in [2.75, 3.05) is 0 Å². The van der Waals surface area contributed by atoms with Gasteiger partial charge in [-0.25, -0.2) is 9.37 Å². The maximum absolute atomic E-state index is 13.1. The first kappa shape index (κ1) is 23.3. The van der Waals surface area contributed by atoms with Gasteiger partial charge in [0, 0.05) is 5.56 Å². The van der Waals surface area contributed by atoms with Crippen LogP contribution in [0.25, 0.3) is 22.5 Å². The molecule has 0 fully saturated rings. The Labute approximate surface area is 205 Å². The van der Waals surface area contributed by atoms with Crippen LogP contribution in [0.1, 0.15) is 11.1 Å². The van der Waals surface area contributed by atoms with E-state index in [0.29, 0.717) is 10.7 Å². The van der Waals surface area contributed by atoms with Gasteiger partial charge in [-0.05, 0) is 34.9 Å². The Bertz CT molecular complexity index is 1330. The largest absolute Gasteiger partial charge is 0.297 e. The first-order valence-electron chi connectivity index (χ1n) is 10.7. The number of benzene rings is 4. The van der Waals surface area contributed by atoms with E-state index in [0.717, 1.165) is 28.0 Å². The van der Waals surface area contributed by atoms with Crippen LogP contribution in [0.4, 0.5) is 4.39 Å². The van der Waals surface area contributed by atoms with Crippen LogP contribution >= 0.6 is 11.6 Å². The van der Waals surface area contributed by atoms with Gasteiger partial charge in [-0.2, -0.15) is 0 Å². The quantitative estimate of drug-likeness (QED) is 0.252. The van der Waals surface area contributed by atoms with E-state index >= 15 is 0 Å². The lowest BCUT2D eigenvalue weighted by Crippen LogP contribution is -1.96. The van der Waals surface area contributed by atoms with Crippen molar-refractivity contribution in [3.63, 3.8) is 0 Å². The van der Waals surface area contributed by atoms with Gasteiger partial charge >= 0.3 is 0 Å². The summed E-state index contributed by atoms with van der Waals surface area (Å²) in [4.78, 5) is 4.15. The highest BCUT2D eigenvalue weighted by Gasteiger charge is 2.10. The first-order chi connectivity index (χ1) is 16.7. The number of imidazole rings is 1. The van der Waals surface area contributed by atoms with Crippen LogP contribution in [0, 0.1) is 5.82 Å². The molecule has 0 aliphatic rings. The monoisotopic (exact) mass is 462 g/mol. The van der Waals surface area contributed by atoms with Gasteiger partial charge < -0.3 is 0 Å². The molecule has 164 valence electrons. The van der Waals surface area contributed by atoms with E-state index < -0.39 is 0 Å². The third kappa shape index (κ3) is 5.53. The molecular weight excluding hydrogens is 442 g/mol. The maximum Gasteiger partial charge on any atom is 0.124 e. The van der Waals surface area contributed by atoms with Crippen molar-refractivity contribution in [1.29, 1.82) is 0 Å². The molecule has 0 saturated carbocycles. The Kier molecular flexibility index (Phi) is 7.74. The number of rotatable bonds is 4. The molecule has 5 rings (SSSR count).